The number of rotatable bonds is 2. The number of piperidine rings is 1. The second-order valence-electron chi connectivity index (χ2n) is 7.19. The van der Waals surface area contributed by atoms with Gasteiger partial charge in [-0.3, -0.25) is 4.79 Å². The first-order chi connectivity index (χ1) is 11.2. The molecule has 2 amide bonds. The van der Waals surface area contributed by atoms with E-state index in [0.717, 1.165) is 11.3 Å². The highest BCUT2D eigenvalue weighted by Gasteiger charge is 2.30. The molecule has 5 nitrogen and oxygen atoms in total. The summed E-state index contributed by atoms with van der Waals surface area (Å²) < 4.78 is 5.37. The average Bonchev–Trinajstić information content (AvgIpc) is 2.48. The molecule has 1 saturated heterocycles. The fourth-order valence-electron chi connectivity index (χ4n) is 2.65. The van der Waals surface area contributed by atoms with Crippen molar-refractivity contribution < 1.29 is 14.3 Å². The van der Waals surface area contributed by atoms with Crippen LogP contribution < -0.4 is 5.32 Å². The predicted octanol–water partition coefficient (Wildman–Crippen LogP) is 4.23. The van der Waals surface area contributed by atoms with E-state index in [-0.39, 0.29) is 17.9 Å². The van der Waals surface area contributed by atoms with Gasteiger partial charge < -0.3 is 15.0 Å². The van der Waals surface area contributed by atoms with Gasteiger partial charge in [-0.1, -0.05) is 11.6 Å². The van der Waals surface area contributed by atoms with Crippen LogP contribution in [-0.2, 0) is 9.53 Å². The van der Waals surface area contributed by atoms with Crippen LogP contribution in [0.2, 0.25) is 5.02 Å². The number of likely N-dealkylation sites (tertiary alicyclic amines) is 1. The Bertz CT molecular complexity index is 617. The van der Waals surface area contributed by atoms with E-state index in [1.54, 1.807) is 11.0 Å². The molecule has 0 bridgehead atoms. The highest BCUT2D eigenvalue weighted by Crippen LogP contribution is 2.24. The van der Waals surface area contributed by atoms with Crippen molar-refractivity contribution in [1.82, 2.24) is 4.90 Å². The number of amides is 2. The summed E-state index contributed by atoms with van der Waals surface area (Å²) >= 11 is 5.93. The highest BCUT2D eigenvalue weighted by molar-refractivity contribution is 6.30. The number of anilines is 1. The van der Waals surface area contributed by atoms with E-state index in [1.807, 2.05) is 39.8 Å². The molecule has 6 heteroatoms. The Morgan fingerprint density at radius 3 is 2.42 bits per heavy atom. The molecule has 1 aliphatic rings. The minimum absolute atomic E-state index is 0.00994. The van der Waals surface area contributed by atoms with Gasteiger partial charge in [-0.05, 0) is 64.3 Å². The van der Waals surface area contributed by atoms with Crippen LogP contribution in [0.1, 0.15) is 39.2 Å². The zero-order chi connectivity index (χ0) is 17.9. The maximum absolute atomic E-state index is 12.4. The van der Waals surface area contributed by atoms with E-state index >= 15 is 0 Å². The third-order valence-corrected chi connectivity index (χ3v) is 4.20. The number of benzene rings is 1. The van der Waals surface area contributed by atoms with Crippen LogP contribution in [0.3, 0.4) is 0 Å². The van der Waals surface area contributed by atoms with Gasteiger partial charge in [0.25, 0.3) is 0 Å². The van der Waals surface area contributed by atoms with Gasteiger partial charge in [0.05, 0.1) is 0 Å². The third kappa shape index (κ3) is 5.13. The second kappa shape index (κ2) is 7.43. The molecule has 1 fully saturated rings. The van der Waals surface area contributed by atoms with Gasteiger partial charge in [0, 0.05) is 29.7 Å². The molecule has 0 unspecified atom stereocenters. The summed E-state index contributed by atoms with van der Waals surface area (Å²) in [6.45, 7) is 8.52. The Kier molecular flexibility index (Phi) is 5.75. The first-order valence-corrected chi connectivity index (χ1v) is 8.58. The molecule has 2 rings (SSSR count). The molecule has 1 N–H and O–H groups in total. The normalized spacial score (nSPS) is 16.0. The lowest BCUT2D eigenvalue weighted by atomic mass is 9.96. The maximum Gasteiger partial charge on any atom is 0.410 e. The number of nitrogens with one attached hydrogen (secondary N) is 1. The number of nitrogens with zero attached hydrogens (tertiary/aromatic N) is 1. The van der Waals surface area contributed by atoms with Gasteiger partial charge in [0.15, 0.2) is 0 Å². The van der Waals surface area contributed by atoms with Crippen LogP contribution in [-0.4, -0.2) is 35.6 Å². The van der Waals surface area contributed by atoms with Crippen molar-refractivity contribution in [3.05, 3.63) is 28.8 Å². The van der Waals surface area contributed by atoms with E-state index in [2.05, 4.69) is 5.32 Å². The fourth-order valence-corrected chi connectivity index (χ4v) is 2.88. The molecule has 24 heavy (non-hydrogen) atoms. The molecule has 0 spiro atoms. The molecule has 0 aliphatic carbocycles. The lowest BCUT2D eigenvalue weighted by Gasteiger charge is -2.33. The quantitative estimate of drug-likeness (QED) is 0.866. The van der Waals surface area contributed by atoms with Gasteiger partial charge in [-0.2, -0.15) is 0 Å². The number of carbonyl (C=O) groups is 2. The number of aryl methyl sites for hydroxylation is 1. The van der Waals surface area contributed by atoms with Gasteiger partial charge in [-0.25, -0.2) is 4.79 Å². The molecule has 0 saturated carbocycles. The van der Waals surface area contributed by atoms with Crippen LogP contribution in [0, 0.1) is 12.8 Å². The smallest absolute Gasteiger partial charge is 0.410 e. The van der Waals surface area contributed by atoms with Gasteiger partial charge in [0.1, 0.15) is 5.60 Å². The largest absolute Gasteiger partial charge is 0.444 e. The molecule has 1 aromatic carbocycles. The topological polar surface area (TPSA) is 58.6 Å². The molecular weight excluding hydrogens is 328 g/mol. The van der Waals surface area contributed by atoms with Gasteiger partial charge in [-0.15, -0.1) is 0 Å². The number of halogens is 1. The summed E-state index contributed by atoms with van der Waals surface area (Å²) in [5, 5.41) is 3.61. The Hall–Kier alpha value is -1.75. The standard InChI is InChI=1S/C18H25ClN2O3/c1-12-11-14(19)5-6-15(12)20-16(22)13-7-9-21(10-8-13)17(23)24-18(2,3)4/h5-6,11,13H,7-10H2,1-4H3,(H,20,22). The summed E-state index contributed by atoms with van der Waals surface area (Å²) in [5.41, 5.74) is 1.21. The van der Waals surface area contributed by atoms with Crippen LogP contribution in [0.15, 0.2) is 18.2 Å². The number of hydrogen-bond donors (Lipinski definition) is 1. The Morgan fingerprint density at radius 2 is 1.88 bits per heavy atom. The van der Waals surface area contributed by atoms with Crippen molar-refractivity contribution in [2.45, 2.75) is 46.1 Å². The molecule has 132 valence electrons. The van der Waals surface area contributed by atoms with Crippen LogP contribution in [0.5, 0.6) is 0 Å². The zero-order valence-electron chi connectivity index (χ0n) is 14.7. The van der Waals surface area contributed by atoms with Crippen molar-refractivity contribution in [2.75, 3.05) is 18.4 Å². The Morgan fingerprint density at radius 1 is 1.25 bits per heavy atom. The highest BCUT2D eigenvalue weighted by atomic mass is 35.5. The van der Waals surface area contributed by atoms with Crippen molar-refractivity contribution >= 4 is 29.3 Å². The SMILES string of the molecule is Cc1cc(Cl)ccc1NC(=O)C1CCN(C(=O)OC(C)(C)C)CC1. The molecule has 1 heterocycles. The minimum atomic E-state index is -0.503. The summed E-state index contributed by atoms with van der Waals surface area (Å²) in [6.07, 6.45) is 0.963. The van der Waals surface area contributed by atoms with E-state index in [0.29, 0.717) is 31.0 Å². The number of hydrogen-bond acceptors (Lipinski definition) is 3. The van der Waals surface area contributed by atoms with Gasteiger partial charge >= 0.3 is 6.09 Å². The Labute approximate surface area is 148 Å². The second-order valence-corrected chi connectivity index (χ2v) is 7.63. The lowest BCUT2D eigenvalue weighted by Crippen LogP contribution is -2.43. The molecule has 0 atom stereocenters. The summed E-state index contributed by atoms with van der Waals surface area (Å²) in [6, 6.07) is 5.39. The number of carbonyl (C=O) groups excluding carboxylic acids is 2. The first-order valence-electron chi connectivity index (χ1n) is 8.20. The van der Waals surface area contributed by atoms with Crippen LogP contribution in [0.4, 0.5) is 10.5 Å². The van der Waals surface area contributed by atoms with E-state index in [9.17, 15) is 9.59 Å². The third-order valence-electron chi connectivity index (χ3n) is 3.96. The monoisotopic (exact) mass is 352 g/mol. The molecule has 0 radical (unpaired) electrons. The Balaban J connectivity index is 1.87. The number of ether oxygens (including phenoxy) is 1. The summed E-state index contributed by atoms with van der Waals surface area (Å²) in [4.78, 5) is 26.1. The van der Waals surface area contributed by atoms with Crippen LogP contribution in [0.25, 0.3) is 0 Å². The molecule has 1 aromatic rings. The summed E-state index contributed by atoms with van der Waals surface area (Å²) in [7, 11) is 0. The first kappa shape index (κ1) is 18.6. The molecule has 0 aromatic heterocycles. The van der Waals surface area contributed by atoms with Crippen molar-refractivity contribution in [2.24, 2.45) is 5.92 Å². The van der Waals surface area contributed by atoms with Crippen molar-refractivity contribution in [3.8, 4) is 0 Å². The van der Waals surface area contributed by atoms with E-state index < -0.39 is 5.60 Å². The fraction of sp³-hybridized carbons (Fsp3) is 0.556. The molecule has 1 aliphatic heterocycles. The summed E-state index contributed by atoms with van der Waals surface area (Å²) in [5.74, 6) is -0.108. The zero-order valence-corrected chi connectivity index (χ0v) is 15.4. The van der Waals surface area contributed by atoms with E-state index in [4.69, 9.17) is 16.3 Å². The lowest BCUT2D eigenvalue weighted by molar-refractivity contribution is -0.121. The van der Waals surface area contributed by atoms with Crippen molar-refractivity contribution in [1.29, 1.82) is 0 Å². The molecular formula is C18H25ClN2O3. The predicted molar refractivity (Wildman–Crippen MR) is 95.3 cm³/mol. The average molecular weight is 353 g/mol. The van der Waals surface area contributed by atoms with Gasteiger partial charge in [0.2, 0.25) is 5.91 Å². The van der Waals surface area contributed by atoms with Crippen molar-refractivity contribution in [3.63, 3.8) is 0 Å². The van der Waals surface area contributed by atoms with Crippen LogP contribution >= 0.6 is 11.6 Å². The minimum Gasteiger partial charge on any atom is -0.444 e. The van der Waals surface area contributed by atoms with E-state index in [1.165, 1.54) is 0 Å². The maximum atomic E-state index is 12.4.